The first kappa shape index (κ1) is 10.9. The normalized spacial score (nSPS) is 8.93. The molecule has 0 aromatic heterocycles. The number of fused-ring (bicyclic) bond motifs is 1. The first-order valence-electron chi connectivity index (χ1n) is 4.32. The fourth-order valence-electron chi connectivity index (χ4n) is 1.13. The van der Waals surface area contributed by atoms with E-state index in [2.05, 4.69) is 64.5 Å². The molecule has 1 nitrogen and oxygen atoms in total. The van der Waals surface area contributed by atoms with Crippen LogP contribution >= 0.6 is 15.9 Å². The van der Waals surface area contributed by atoms with E-state index < -0.39 is 0 Å². The maximum Gasteiger partial charge on any atom is 0.130 e. The van der Waals surface area contributed by atoms with E-state index in [-0.39, 0.29) is 0 Å². The second-order valence-electron chi connectivity index (χ2n) is 2.67. The summed E-state index contributed by atoms with van der Waals surface area (Å²) in [5, 5.41) is 3.07. The van der Waals surface area contributed by atoms with Crippen molar-refractivity contribution in [3.05, 3.63) is 48.5 Å². The zero-order valence-corrected chi connectivity index (χ0v) is 9.28. The quantitative estimate of drug-likeness (QED) is 0.560. The Morgan fingerprint density at radius 3 is 1.43 bits per heavy atom. The minimum Gasteiger partial charge on any atom is -0.302 e. The van der Waals surface area contributed by atoms with Gasteiger partial charge in [-0.2, -0.15) is 0 Å². The third-order valence-electron chi connectivity index (χ3n) is 1.72. The van der Waals surface area contributed by atoms with Gasteiger partial charge in [-0.25, -0.2) is 0 Å². The zero-order valence-electron chi connectivity index (χ0n) is 7.69. The van der Waals surface area contributed by atoms with E-state index in [1.807, 2.05) is 0 Å². The highest BCUT2D eigenvalue weighted by molar-refractivity contribution is 9.09. The maximum atomic E-state index is 9.13. The van der Waals surface area contributed by atoms with Gasteiger partial charge in [0, 0.05) is 0 Å². The highest BCUT2D eigenvalue weighted by atomic mass is 79.9. The van der Waals surface area contributed by atoms with Gasteiger partial charge in [-0.05, 0) is 10.8 Å². The lowest BCUT2D eigenvalue weighted by Gasteiger charge is -1.92. The van der Waals surface area contributed by atoms with Crippen molar-refractivity contribution in [2.75, 3.05) is 5.33 Å². The SMILES string of the molecule is O=CCBr.c1ccc2ccccc2c1. The van der Waals surface area contributed by atoms with E-state index in [1.54, 1.807) is 0 Å². The third-order valence-corrected chi connectivity index (χ3v) is 1.99. The summed E-state index contributed by atoms with van der Waals surface area (Å²) in [4.78, 5) is 9.13. The summed E-state index contributed by atoms with van der Waals surface area (Å²) in [6.45, 7) is 0. The predicted octanol–water partition coefficient (Wildman–Crippen LogP) is 3.42. The molecule has 0 bridgehead atoms. The molecule has 0 atom stereocenters. The third kappa shape index (κ3) is 3.30. The van der Waals surface area contributed by atoms with E-state index in [4.69, 9.17) is 4.79 Å². The molecule has 0 fully saturated rings. The molecule has 0 saturated heterocycles. The Labute approximate surface area is 91.9 Å². The lowest BCUT2D eigenvalue weighted by molar-refractivity contribution is -0.105. The van der Waals surface area contributed by atoms with Crippen molar-refractivity contribution in [1.29, 1.82) is 0 Å². The monoisotopic (exact) mass is 250 g/mol. The van der Waals surface area contributed by atoms with E-state index in [0.717, 1.165) is 6.29 Å². The Hall–Kier alpha value is -1.15. The van der Waals surface area contributed by atoms with Crippen molar-refractivity contribution in [1.82, 2.24) is 0 Å². The molecule has 0 aliphatic rings. The van der Waals surface area contributed by atoms with Gasteiger partial charge in [0.15, 0.2) is 0 Å². The molecule has 2 rings (SSSR count). The number of halogens is 1. The Kier molecular flexibility index (Phi) is 4.94. The van der Waals surface area contributed by atoms with Crippen molar-refractivity contribution >= 4 is 33.0 Å². The van der Waals surface area contributed by atoms with E-state index in [9.17, 15) is 0 Å². The summed E-state index contributed by atoms with van der Waals surface area (Å²) >= 11 is 2.88. The second kappa shape index (κ2) is 6.33. The molecule has 2 heteroatoms. The Morgan fingerprint density at radius 2 is 1.21 bits per heavy atom. The lowest BCUT2D eigenvalue weighted by atomic mass is 10.1. The van der Waals surface area contributed by atoms with E-state index in [0.29, 0.717) is 5.33 Å². The molecule has 0 amide bonds. The van der Waals surface area contributed by atoms with Crippen LogP contribution in [0.25, 0.3) is 10.8 Å². The maximum absolute atomic E-state index is 9.13. The van der Waals surface area contributed by atoms with Crippen molar-refractivity contribution in [3.63, 3.8) is 0 Å². The minimum absolute atomic E-state index is 0.451. The smallest absolute Gasteiger partial charge is 0.130 e. The van der Waals surface area contributed by atoms with Crippen LogP contribution in [-0.2, 0) is 4.79 Å². The van der Waals surface area contributed by atoms with Crippen molar-refractivity contribution in [2.24, 2.45) is 0 Å². The topological polar surface area (TPSA) is 17.1 Å². The van der Waals surface area contributed by atoms with Gasteiger partial charge >= 0.3 is 0 Å². The van der Waals surface area contributed by atoms with Crippen LogP contribution in [0.1, 0.15) is 0 Å². The number of benzene rings is 2. The number of hydrogen-bond donors (Lipinski definition) is 0. The van der Waals surface area contributed by atoms with Crippen LogP contribution in [0.4, 0.5) is 0 Å². The summed E-state index contributed by atoms with van der Waals surface area (Å²) in [6, 6.07) is 16.7. The Morgan fingerprint density at radius 1 is 0.929 bits per heavy atom. The molecule has 72 valence electrons. The van der Waals surface area contributed by atoms with Crippen molar-refractivity contribution < 1.29 is 4.79 Å². The molecule has 14 heavy (non-hydrogen) atoms. The summed E-state index contributed by atoms with van der Waals surface area (Å²) in [5.41, 5.74) is 0. The Bertz CT molecular complexity index is 333. The molecule has 0 radical (unpaired) electrons. The molecule has 2 aromatic rings. The van der Waals surface area contributed by atoms with Crippen LogP contribution in [0.2, 0.25) is 0 Å². The van der Waals surface area contributed by atoms with Crippen molar-refractivity contribution in [2.45, 2.75) is 0 Å². The summed E-state index contributed by atoms with van der Waals surface area (Å²) in [6.07, 6.45) is 0.792. The van der Waals surface area contributed by atoms with Gasteiger partial charge in [-0.3, -0.25) is 0 Å². The number of hydrogen-bond acceptors (Lipinski definition) is 1. The van der Waals surface area contributed by atoms with Crippen LogP contribution in [0, 0.1) is 0 Å². The highest BCUT2D eigenvalue weighted by Gasteiger charge is 1.85. The van der Waals surface area contributed by atoms with Gasteiger partial charge in [0.05, 0.1) is 5.33 Å². The fraction of sp³-hybridized carbons (Fsp3) is 0.0833. The number of alkyl halides is 1. The van der Waals surface area contributed by atoms with Gasteiger partial charge < -0.3 is 4.79 Å². The van der Waals surface area contributed by atoms with Crippen LogP contribution in [0.3, 0.4) is 0 Å². The van der Waals surface area contributed by atoms with Crippen LogP contribution in [0.15, 0.2) is 48.5 Å². The van der Waals surface area contributed by atoms with Gasteiger partial charge in [-0.15, -0.1) is 0 Å². The first-order valence-corrected chi connectivity index (χ1v) is 5.44. The van der Waals surface area contributed by atoms with Crippen LogP contribution in [0.5, 0.6) is 0 Å². The second-order valence-corrected chi connectivity index (χ2v) is 3.32. The molecule has 0 spiro atoms. The standard InChI is InChI=1S/C10H8.C2H3BrO/c1-2-6-10-8-4-3-7-9(10)5-1;3-1-2-4/h1-8H;2H,1H2. The molecular weight excluding hydrogens is 240 g/mol. The van der Waals surface area contributed by atoms with Gasteiger partial charge in [0.25, 0.3) is 0 Å². The molecule has 2 aromatic carbocycles. The summed E-state index contributed by atoms with van der Waals surface area (Å²) < 4.78 is 0. The van der Waals surface area contributed by atoms with Gasteiger partial charge in [0.2, 0.25) is 0 Å². The number of rotatable bonds is 1. The number of carbonyl (C=O) groups is 1. The summed E-state index contributed by atoms with van der Waals surface area (Å²) in [5.74, 6) is 0. The summed E-state index contributed by atoms with van der Waals surface area (Å²) in [7, 11) is 0. The molecule has 0 aliphatic heterocycles. The lowest BCUT2D eigenvalue weighted by Crippen LogP contribution is -1.67. The van der Waals surface area contributed by atoms with E-state index in [1.165, 1.54) is 10.8 Å². The highest BCUT2D eigenvalue weighted by Crippen LogP contribution is 2.11. The van der Waals surface area contributed by atoms with Crippen LogP contribution in [-0.4, -0.2) is 11.6 Å². The van der Waals surface area contributed by atoms with Crippen molar-refractivity contribution in [3.8, 4) is 0 Å². The predicted molar refractivity (Wildman–Crippen MR) is 63.8 cm³/mol. The van der Waals surface area contributed by atoms with Gasteiger partial charge in [0.1, 0.15) is 6.29 Å². The average molecular weight is 251 g/mol. The Balaban J connectivity index is 0.000000213. The first-order chi connectivity index (χ1) is 6.88. The fourth-order valence-corrected chi connectivity index (χ4v) is 1.13. The van der Waals surface area contributed by atoms with E-state index >= 15 is 0 Å². The van der Waals surface area contributed by atoms with Gasteiger partial charge in [-0.1, -0.05) is 64.5 Å². The molecular formula is C12H11BrO. The number of aldehydes is 1. The average Bonchev–Trinajstić information content (AvgIpc) is 2.30. The molecule has 0 aliphatic carbocycles. The molecule has 0 saturated carbocycles. The molecule has 0 unspecified atom stereocenters. The minimum atomic E-state index is 0.451. The van der Waals surface area contributed by atoms with Crippen LogP contribution < -0.4 is 0 Å². The zero-order chi connectivity index (χ0) is 10.2. The molecule has 0 N–H and O–H groups in total. The molecule has 0 heterocycles. The number of carbonyl (C=O) groups excluding carboxylic acids is 1. The largest absolute Gasteiger partial charge is 0.302 e.